The molecular formula is C14H20. The zero-order valence-electron chi connectivity index (χ0n) is 9.40. The zero-order valence-corrected chi connectivity index (χ0v) is 9.40. The maximum absolute atomic E-state index is 3.06. The van der Waals surface area contributed by atoms with E-state index < -0.39 is 0 Å². The van der Waals surface area contributed by atoms with Crippen molar-refractivity contribution in [2.45, 2.75) is 52.4 Å². The molecule has 0 aliphatic heterocycles. The molecule has 0 atom stereocenters. The van der Waals surface area contributed by atoms with E-state index in [-0.39, 0.29) is 0 Å². The molecule has 1 aromatic rings. The highest BCUT2D eigenvalue weighted by Crippen LogP contribution is 2.14. The number of benzene rings is 1. The summed E-state index contributed by atoms with van der Waals surface area (Å²) in [5.74, 6) is 0. The van der Waals surface area contributed by atoms with Crippen LogP contribution in [0.1, 0.15) is 50.7 Å². The SMILES string of the molecule is CCCCc1c[c][c]cc1CCCC. The average Bonchev–Trinajstić information content (AvgIpc) is 2.24. The summed E-state index contributed by atoms with van der Waals surface area (Å²) in [6, 6.07) is 10.3. The summed E-state index contributed by atoms with van der Waals surface area (Å²) in [5.41, 5.74) is 2.97. The van der Waals surface area contributed by atoms with Crippen molar-refractivity contribution in [2.24, 2.45) is 0 Å². The fourth-order valence-electron chi connectivity index (χ4n) is 1.64. The van der Waals surface area contributed by atoms with Crippen molar-refractivity contribution in [1.29, 1.82) is 0 Å². The smallest absolute Gasteiger partial charge is 0.00959 e. The third kappa shape index (κ3) is 3.53. The van der Waals surface area contributed by atoms with Crippen molar-refractivity contribution in [3.05, 3.63) is 35.4 Å². The van der Waals surface area contributed by atoms with Crippen molar-refractivity contribution in [3.63, 3.8) is 0 Å². The fraction of sp³-hybridized carbons (Fsp3) is 0.571. The largest absolute Gasteiger partial charge is 0.0654 e. The zero-order chi connectivity index (χ0) is 10.2. The van der Waals surface area contributed by atoms with Gasteiger partial charge in [-0.25, -0.2) is 0 Å². The van der Waals surface area contributed by atoms with Gasteiger partial charge in [-0.2, -0.15) is 0 Å². The predicted octanol–water partition coefficient (Wildman–Crippen LogP) is 3.97. The summed E-state index contributed by atoms with van der Waals surface area (Å²) in [6.45, 7) is 4.48. The molecule has 14 heavy (non-hydrogen) atoms. The van der Waals surface area contributed by atoms with Crippen LogP contribution in [0.3, 0.4) is 0 Å². The van der Waals surface area contributed by atoms with Gasteiger partial charge in [-0.3, -0.25) is 0 Å². The van der Waals surface area contributed by atoms with Crippen molar-refractivity contribution in [3.8, 4) is 0 Å². The van der Waals surface area contributed by atoms with E-state index in [0.717, 1.165) is 0 Å². The normalized spacial score (nSPS) is 10.4. The van der Waals surface area contributed by atoms with E-state index in [2.05, 4.69) is 38.1 Å². The molecule has 0 N–H and O–H groups in total. The molecule has 0 aliphatic rings. The van der Waals surface area contributed by atoms with Gasteiger partial charge in [0.1, 0.15) is 0 Å². The quantitative estimate of drug-likeness (QED) is 0.633. The van der Waals surface area contributed by atoms with Gasteiger partial charge in [-0.05, 0) is 48.9 Å². The average molecular weight is 188 g/mol. The molecule has 0 heteroatoms. The van der Waals surface area contributed by atoms with E-state index in [1.807, 2.05) is 0 Å². The molecular weight excluding hydrogens is 168 g/mol. The summed E-state index contributed by atoms with van der Waals surface area (Å²) in [5, 5.41) is 0. The van der Waals surface area contributed by atoms with Crippen molar-refractivity contribution < 1.29 is 0 Å². The van der Waals surface area contributed by atoms with E-state index in [1.165, 1.54) is 49.7 Å². The molecule has 0 saturated carbocycles. The summed E-state index contributed by atoms with van der Waals surface area (Å²) in [4.78, 5) is 0. The molecule has 0 spiro atoms. The topological polar surface area (TPSA) is 0 Å². The van der Waals surface area contributed by atoms with Crippen LogP contribution in [0, 0.1) is 12.1 Å². The molecule has 0 aromatic heterocycles. The highest BCUT2D eigenvalue weighted by atomic mass is 14.1. The summed E-state index contributed by atoms with van der Waals surface area (Å²) in [7, 11) is 0. The second-order valence-corrected chi connectivity index (χ2v) is 3.83. The Hall–Kier alpha value is -0.780. The molecule has 0 nitrogen and oxygen atoms in total. The van der Waals surface area contributed by atoms with Gasteiger partial charge in [-0.15, -0.1) is 0 Å². The monoisotopic (exact) mass is 188 g/mol. The van der Waals surface area contributed by atoms with Crippen LogP contribution in [-0.2, 0) is 12.8 Å². The van der Waals surface area contributed by atoms with Crippen LogP contribution < -0.4 is 0 Å². The minimum absolute atomic E-state index is 1.21. The van der Waals surface area contributed by atoms with Gasteiger partial charge >= 0.3 is 0 Å². The molecule has 0 heterocycles. The molecule has 1 aromatic carbocycles. The van der Waals surface area contributed by atoms with E-state index >= 15 is 0 Å². The third-order valence-electron chi connectivity index (χ3n) is 2.59. The number of rotatable bonds is 6. The van der Waals surface area contributed by atoms with Gasteiger partial charge in [0.15, 0.2) is 0 Å². The Morgan fingerprint density at radius 3 is 1.64 bits per heavy atom. The van der Waals surface area contributed by atoms with Gasteiger partial charge in [0, 0.05) is 0 Å². The first-order valence-electron chi connectivity index (χ1n) is 5.78. The van der Waals surface area contributed by atoms with Crippen molar-refractivity contribution in [1.82, 2.24) is 0 Å². The van der Waals surface area contributed by atoms with Crippen molar-refractivity contribution in [2.75, 3.05) is 0 Å². The van der Waals surface area contributed by atoms with Crippen molar-refractivity contribution >= 4 is 0 Å². The van der Waals surface area contributed by atoms with Gasteiger partial charge in [-0.1, -0.05) is 38.8 Å². The molecule has 76 valence electrons. The Bertz CT molecular complexity index is 223. The predicted molar refractivity (Wildman–Crippen MR) is 61.3 cm³/mol. The van der Waals surface area contributed by atoms with Gasteiger partial charge in [0.05, 0.1) is 0 Å². The highest BCUT2D eigenvalue weighted by Gasteiger charge is 2.00. The van der Waals surface area contributed by atoms with Crippen LogP contribution in [0.2, 0.25) is 0 Å². The first-order valence-corrected chi connectivity index (χ1v) is 5.78. The lowest BCUT2D eigenvalue weighted by Crippen LogP contribution is -1.94. The number of aryl methyl sites for hydroxylation is 2. The van der Waals surface area contributed by atoms with Gasteiger partial charge in [0.25, 0.3) is 0 Å². The van der Waals surface area contributed by atoms with Gasteiger partial charge < -0.3 is 0 Å². The first-order chi connectivity index (χ1) is 6.88. The summed E-state index contributed by atoms with van der Waals surface area (Å²) >= 11 is 0. The Balaban J connectivity index is 2.60. The Kier molecular flexibility index (Phi) is 5.36. The first kappa shape index (κ1) is 11.3. The third-order valence-corrected chi connectivity index (χ3v) is 2.59. The molecule has 0 amide bonds. The summed E-state index contributed by atoms with van der Waals surface area (Å²) in [6.07, 6.45) is 7.53. The molecule has 0 saturated heterocycles. The second kappa shape index (κ2) is 6.64. The Morgan fingerprint density at radius 2 is 1.29 bits per heavy atom. The second-order valence-electron chi connectivity index (χ2n) is 3.83. The fourth-order valence-corrected chi connectivity index (χ4v) is 1.64. The standard InChI is InChI=1S/C14H20/c1-3-5-9-13-11-7-8-12-14(13)10-6-4-2/h11-12H,3-6,9-10H2,1-2H3. The lowest BCUT2D eigenvalue weighted by atomic mass is 9.98. The van der Waals surface area contributed by atoms with Crippen LogP contribution in [0.5, 0.6) is 0 Å². The molecule has 0 fully saturated rings. The highest BCUT2D eigenvalue weighted by molar-refractivity contribution is 5.26. The van der Waals surface area contributed by atoms with Gasteiger partial charge in [0.2, 0.25) is 0 Å². The lowest BCUT2D eigenvalue weighted by molar-refractivity contribution is 0.758. The molecule has 1 rings (SSSR count). The van der Waals surface area contributed by atoms with Crippen LogP contribution in [0.15, 0.2) is 12.1 Å². The maximum atomic E-state index is 3.06. The Labute approximate surface area is 88.4 Å². The van der Waals surface area contributed by atoms with E-state index in [4.69, 9.17) is 0 Å². The van der Waals surface area contributed by atoms with Crippen LogP contribution >= 0.6 is 0 Å². The molecule has 2 radical (unpaired) electrons. The number of hydrogen-bond acceptors (Lipinski definition) is 0. The van der Waals surface area contributed by atoms with Crippen LogP contribution in [0.25, 0.3) is 0 Å². The van der Waals surface area contributed by atoms with E-state index in [1.54, 1.807) is 0 Å². The maximum Gasteiger partial charge on any atom is -0.00959 e. The Morgan fingerprint density at radius 1 is 0.857 bits per heavy atom. The minimum Gasteiger partial charge on any atom is -0.0654 e. The number of unbranched alkanes of at least 4 members (excludes halogenated alkanes) is 2. The van der Waals surface area contributed by atoms with E-state index in [0.29, 0.717) is 0 Å². The molecule has 0 unspecified atom stereocenters. The van der Waals surface area contributed by atoms with Crippen LogP contribution in [0.4, 0.5) is 0 Å². The molecule has 0 bridgehead atoms. The van der Waals surface area contributed by atoms with Crippen LogP contribution in [-0.4, -0.2) is 0 Å². The summed E-state index contributed by atoms with van der Waals surface area (Å²) < 4.78 is 0. The van der Waals surface area contributed by atoms with E-state index in [9.17, 15) is 0 Å². The molecule has 0 aliphatic carbocycles. The lowest BCUT2D eigenvalue weighted by Gasteiger charge is -2.07. The minimum atomic E-state index is 1.21. The number of hydrogen-bond donors (Lipinski definition) is 0.